The summed E-state index contributed by atoms with van der Waals surface area (Å²) >= 11 is 6.04. The lowest BCUT2D eigenvalue weighted by molar-refractivity contribution is 0.356. The molecular weight excluding hydrogens is 388 g/mol. The number of benzene rings is 2. The quantitative estimate of drug-likeness (QED) is 0.410. The lowest BCUT2D eigenvalue weighted by atomic mass is 10.1. The van der Waals surface area contributed by atoms with Crippen molar-refractivity contribution in [1.82, 2.24) is 14.8 Å². The fourth-order valence-electron chi connectivity index (χ4n) is 3.32. The first kappa shape index (κ1) is 19.3. The number of aromatic nitrogens is 3. The molecule has 0 aliphatic heterocycles. The number of anilines is 1. The van der Waals surface area contributed by atoms with Gasteiger partial charge in [-0.2, -0.15) is 5.10 Å². The standard InChI is InChI=1S/C22H23ClN4O2/c1-4-5-10-24-22-17-13-27(15-8-6-14(23)7-9-15)26-21(17)16-11-19(28-2)20(29-3)12-18(16)25-22/h6-9,11-13H,4-5,10H2,1-3H3,(H,24,25). The average Bonchev–Trinajstić information content (AvgIpc) is 3.19. The minimum Gasteiger partial charge on any atom is -0.493 e. The highest BCUT2D eigenvalue weighted by atomic mass is 35.5. The minimum absolute atomic E-state index is 0.642. The summed E-state index contributed by atoms with van der Waals surface area (Å²) in [5, 5.41) is 10.9. The molecule has 2 aromatic heterocycles. The molecule has 0 spiro atoms. The number of nitrogens with one attached hydrogen (secondary N) is 1. The molecule has 6 nitrogen and oxygen atoms in total. The SMILES string of the molecule is CCCCNc1nc2cc(OC)c(OC)cc2c2nn(-c3ccc(Cl)cc3)cc12. The van der Waals surface area contributed by atoms with E-state index in [2.05, 4.69) is 12.2 Å². The number of halogens is 1. The van der Waals surface area contributed by atoms with Crippen LogP contribution in [0.25, 0.3) is 27.5 Å². The van der Waals surface area contributed by atoms with E-state index in [1.54, 1.807) is 14.2 Å². The van der Waals surface area contributed by atoms with Crippen LogP contribution < -0.4 is 14.8 Å². The van der Waals surface area contributed by atoms with Gasteiger partial charge in [0, 0.05) is 29.2 Å². The Morgan fingerprint density at radius 3 is 2.45 bits per heavy atom. The van der Waals surface area contributed by atoms with Crippen LogP contribution in [0.3, 0.4) is 0 Å². The molecule has 150 valence electrons. The number of fused-ring (bicyclic) bond motifs is 3. The van der Waals surface area contributed by atoms with Crippen LogP contribution in [0.15, 0.2) is 42.6 Å². The van der Waals surface area contributed by atoms with Gasteiger partial charge < -0.3 is 14.8 Å². The first-order valence-corrected chi connectivity index (χ1v) is 9.97. The molecule has 7 heteroatoms. The Balaban J connectivity index is 1.94. The minimum atomic E-state index is 0.642. The van der Waals surface area contributed by atoms with E-state index in [0.717, 1.165) is 52.7 Å². The Kier molecular flexibility index (Phi) is 5.45. The molecule has 0 amide bonds. The van der Waals surface area contributed by atoms with Gasteiger partial charge in [-0.05, 0) is 36.8 Å². The summed E-state index contributed by atoms with van der Waals surface area (Å²) in [5.74, 6) is 2.10. The summed E-state index contributed by atoms with van der Waals surface area (Å²) in [6.45, 7) is 3.02. The van der Waals surface area contributed by atoms with E-state index >= 15 is 0 Å². The zero-order valence-corrected chi connectivity index (χ0v) is 17.5. The normalized spacial score (nSPS) is 11.2. The number of hydrogen-bond acceptors (Lipinski definition) is 5. The molecule has 0 radical (unpaired) electrons. The highest BCUT2D eigenvalue weighted by molar-refractivity contribution is 6.30. The highest BCUT2D eigenvalue weighted by Crippen LogP contribution is 2.36. The van der Waals surface area contributed by atoms with E-state index in [0.29, 0.717) is 16.5 Å². The van der Waals surface area contributed by atoms with Crippen LogP contribution in [0.5, 0.6) is 11.5 Å². The van der Waals surface area contributed by atoms with Crippen LogP contribution in [0, 0.1) is 0 Å². The predicted molar refractivity (Wildman–Crippen MR) is 118 cm³/mol. The van der Waals surface area contributed by atoms with Crippen LogP contribution >= 0.6 is 11.6 Å². The largest absolute Gasteiger partial charge is 0.493 e. The molecule has 0 saturated heterocycles. The van der Waals surface area contributed by atoms with E-state index in [9.17, 15) is 0 Å². The van der Waals surface area contributed by atoms with Gasteiger partial charge >= 0.3 is 0 Å². The van der Waals surface area contributed by atoms with Crippen LogP contribution in [0.1, 0.15) is 19.8 Å². The van der Waals surface area contributed by atoms with Gasteiger partial charge in [0.05, 0.1) is 30.8 Å². The lowest BCUT2D eigenvalue weighted by Crippen LogP contribution is -2.03. The van der Waals surface area contributed by atoms with E-state index in [1.807, 2.05) is 47.3 Å². The van der Waals surface area contributed by atoms with Gasteiger partial charge in [-0.3, -0.25) is 0 Å². The predicted octanol–water partition coefficient (Wildman–Crippen LogP) is 5.46. The van der Waals surface area contributed by atoms with Crippen molar-refractivity contribution in [2.75, 3.05) is 26.1 Å². The van der Waals surface area contributed by atoms with Crippen LogP contribution in [0.2, 0.25) is 5.02 Å². The first-order chi connectivity index (χ1) is 14.1. The second kappa shape index (κ2) is 8.17. The van der Waals surface area contributed by atoms with Gasteiger partial charge in [0.25, 0.3) is 0 Å². The molecule has 0 bridgehead atoms. The first-order valence-electron chi connectivity index (χ1n) is 9.59. The lowest BCUT2D eigenvalue weighted by Gasteiger charge is -2.11. The molecule has 0 fully saturated rings. The van der Waals surface area contributed by atoms with Crippen LogP contribution in [-0.2, 0) is 0 Å². The monoisotopic (exact) mass is 410 g/mol. The molecule has 1 N–H and O–H groups in total. The molecular formula is C22H23ClN4O2. The number of rotatable bonds is 7. The molecule has 4 aromatic rings. The number of pyridine rings is 1. The van der Waals surface area contributed by atoms with E-state index < -0.39 is 0 Å². The summed E-state index contributed by atoms with van der Waals surface area (Å²) in [4.78, 5) is 4.86. The number of methoxy groups -OCH3 is 2. The van der Waals surface area contributed by atoms with Crippen molar-refractivity contribution < 1.29 is 9.47 Å². The van der Waals surface area contributed by atoms with Crippen molar-refractivity contribution in [3.05, 3.63) is 47.6 Å². The van der Waals surface area contributed by atoms with Gasteiger partial charge in [-0.15, -0.1) is 0 Å². The maximum absolute atomic E-state index is 6.04. The second-order valence-corrected chi connectivity index (χ2v) is 7.21. The second-order valence-electron chi connectivity index (χ2n) is 6.78. The summed E-state index contributed by atoms with van der Waals surface area (Å²) in [6, 6.07) is 11.4. The smallest absolute Gasteiger partial charge is 0.162 e. The molecule has 0 unspecified atom stereocenters. The molecule has 2 aromatic carbocycles. The number of hydrogen-bond donors (Lipinski definition) is 1. The van der Waals surface area contributed by atoms with Crippen LogP contribution in [-0.4, -0.2) is 35.5 Å². The third-order valence-electron chi connectivity index (χ3n) is 4.87. The molecule has 0 aliphatic carbocycles. The fraction of sp³-hybridized carbons (Fsp3) is 0.273. The van der Waals surface area contributed by atoms with Crippen molar-refractivity contribution >= 4 is 39.2 Å². The van der Waals surface area contributed by atoms with E-state index in [4.69, 9.17) is 31.2 Å². The molecule has 29 heavy (non-hydrogen) atoms. The van der Waals surface area contributed by atoms with Gasteiger partial charge in [-0.25, -0.2) is 9.67 Å². The molecule has 2 heterocycles. The van der Waals surface area contributed by atoms with Gasteiger partial charge in [0.1, 0.15) is 11.3 Å². The zero-order valence-electron chi connectivity index (χ0n) is 16.7. The van der Waals surface area contributed by atoms with E-state index in [-0.39, 0.29) is 0 Å². The Bertz CT molecular complexity index is 1160. The Hall–Kier alpha value is -2.99. The fourth-order valence-corrected chi connectivity index (χ4v) is 3.45. The molecule has 0 saturated carbocycles. The van der Waals surface area contributed by atoms with Crippen LogP contribution in [0.4, 0.5) is 5.82 Å². The Labute approximate surface area is 174 Å². The summed E-state index contributed by atoms with van der Waals surface area (Å²) < 4.78 is 12.8. The molecule has 4 rings (SSSR count). The van der Waals surface area contributed by atoms with Crippen molar-refractivity contribution in [2.45, 2.75) is 19.8 Å². The van der Waals surface area contributed by atoms with Gasteiger partial charge in [0.15, 0.2) is 11.5 Å². The van der Waals surface area contributed by atoms with E-state index in [1.165, 1.54) is 0 Å². The maximum Gasteiger partial charge on any atom is 0.162 e. The Morgan fingerprint density at radius 1 is 1.03 bits per heavy atom. The third kappa shape index (κ3) is 3.68. The van der Waals surface area contributed by atoms with Crippen molar-refractivity contribution in [1.29, 1.82) is 0 Å². The number of ether oxygens (including phenoxy) is 2. The zero-order chi connectivity index (χ0) is 20.4. The summed E-state index contributed by atoms with van der Waals surface area (Å²) in [5.41, 5.74) is 2.58. The van der Waals surface area contributed by atoms with Crippen molar-refractivity contribution in [3.63, 3.8) is 0 Å². The maximum atomic E-state index is 6.04. The average molecular weight is 411 g/mol. The molecule has 0 atom stereocenters. The molecule has 0 aliphatic rings. The van der Waals surface area contributed by atoms with Crippen molar-refractivity contribution in [3.8, 4) is 17.2 Å². The number of unbranched alkanes of at least 4 members (excludes halogenated alkanes) is 1. The van der Waals surface area contributed by atoms with Gasteiger partial charge in [0.2, 0.25) is 0 Å². The van der Waals surface area contributed by atoms with Gasteiger partial charge in [-0.1, -0.05) is 24.9 Å². The number of nitrogens with zero attached hydrogens (tertiary/aromatic N) is 3. The highest BCUT2D eigenvalue weighted by Gasteiger charge is 2.16. The summed E-state index contributed by atoms with van der Waals surface area (Å²) in [7, 11) is 3.25. The topological polar surface area (TPSA) is 61.2 Å². The summed E-state index contributed by atoms with van der Waals surface area (Å²) in [6.07, 6.45) is 4.17. The van der Waals surface area contributed by atoms with Crippen molar-refractivity contribution in [2.24, 2.45) is 0 Å². The Morgan fingerprint density at radius 2 is 1.76 bits per heavy atom. The third-order valence-corrected chi connectivity index (χ3v) is 5.12.